The third-order valence-electron chi connectivity index (χ3n) is 1.53. The number of hydrogen-bond donors (Lipinski definition) is 1. The van der Waals surface area contributed by atoms with Gasteiger partial charge >= 0.3 is 0 Å². The molecule has 2 amide bonds. The van der Waals surface area contributed by atoms with Crippen LogP contribution in [0.25, 0.3) is 0 Å². The van der Waals surface area contributed by atoms with E-state index in [9.17, 15) is 9.59 Å². The maximum Gasteiger partial charge on any atom is 0.259 e. The van der Waals surface area contributed by atoms with Crippen LogP contribution in [0.2, 0.25) is 15.1 Å². The molecule has 0 fully saturated rings. The zero-order valence-electron chi connectivity index (χ0n) is 7.61. The second-order valence-electron chi connectivity index (χ2n) is 2.76. The summed E-state index contributed by atoms with van der Waals surface area (Å²) in [5, 5.41) is 2.58. The predicted molar refractivity (Wildman–Crippen MR) is 59.6 cm³/mol. The van der Waals surface area contributed by atoms with Gasteiger partial charge in [0.1, 0.15) is 0 Å². The molecule has 0 aliphatic rings. The Labute approximate surface area is 101 Å². The quantitative estimate of drug-likeness (QED) is 0.794. The monoisotopic (exact) mass is 265 g/mol. The van der Waals surface area contributed by atoms with Crippen LogP contribution in [0.4, 0.5) is 0 Å². The summed E-state index contributed by atoms with van der Waals surface area (Å²) in [7, 11) is 0. The summed E-state index contributed by atoms with van der Waals surface area (Å²) < 4.78 is 0. The van der Waals surface area contributed by atoms with Crippen LogP contribution < -0.4 is 5.32 Å². The topological polar surface area (TPSA) is 46.2 Å². The molecule has 0 heterocycles. The van der Waals surface area contributed by atoms with Crippen LogP contribution in [0.3, 0.4) is 0 Å². The first-order valence-corrected chi connectivity index (χ1v) is 5.01. The third kappa shape index (κ3) is 3.09. The molecule has 0 saturated carbocycles. The van der Waals surface area contributed by atoms with Gasteiger partial charge in [-0.3, -0.25) is 14.9 Å². The Hall–Kier alpha value is -0.770. The van der Waals surface area contributed by atoms with Gasteiger partial charge < -0.3 is 0 Å². The SMILES string of the molecule is CC(=O)NC(=O)c1cc(Cl)cc(Cl)c1Cl. The molecule has 1 N–H and O–H groups in total. The van der Waals surface area contributed by atoms with Crippen LogP contribution >= 0.6 is 34.8 Å². The minimum absolute atomic E-state index is 0.0693. The normalized spacial score (nSPS) is 9.87. The van der Waals surface area contributed by atoms with Crippen LogP contribution in [0.15, 0.2) is 12.1 Å². The van der Waals surface area contributed by atoms with Crippen molar-refractivity contribution >= 4 is 46.6 Å². The van der Waals surface area contributed by atoms with Crippen molar-refractivity contribution in [2.45, 2.75) is 6.92 Å². The number of amides is 2. The molecule has 0 radical (unpaired) electrons. The minimum Gasteiger partial charge on any atom is -0.293 e. The fourth-order valence-electron chi connectivity index (χ4n) is 0.948. The van der Waals surface area contributed by atoms with Crippen molar-refractivity contribution in [2.24, 2.45) is 0 Å². The van der Waals surface area contributed by atoms with Gasteiger partial charge in [0.15, 0.2) is 0 Å². The first kappa shape index (κ1) is 12.3. The average molecular weight is 267 g/mol. The largest absolute Gasteiger partial charge is 0.293 e. The summed E-state index contributed by atoms with van der Waals surface area (Å²) in [5.74, 6) is -1.11. The lowest BCUT2D eigenvalue weighted by molar-refractivity contribution is -0.118. The maximum atomic E-state index is 11.4. The first-order chi connectivity index (χ1) is 6.91. The summed E-state index contributed by atoms with van der Waals surface area (Å²) in [4.78, 5) is 22.1. The lowest BCUT2D eigenvalue weighted by Gasteiger charge is -2.05. The number of rotatable bonds is 1. The van der Waals surface area contributed by atoms with E-state index < -0.39 is 11.8 Å². The van der Waals surface area contributed by atoms with E-state index in [0.29, 0.717) is 0 Å². The molecular weight excluding hydrogens is 260 g/mol. The highest BCUT2D eigenvalue weighted by Crippen LogP contribution is 2.29. The van der Waals surface area contributed by atoms with E-state index in [1.807, 2.05) is 0 Å². The van der Waals surface area contributed by atoms with E-state index in [0.717, 1.165) is 0 Å². The summed E-state index contributed by atoms with van der Waals surface area (Å²) in [6.45, 7) is 1.22. The van der Waals surface area contributed by atoms with E-state index in [1.54, 1.807) is 0 Å². The molecular formula is C9H6Cl3NO2. The standard InChI is InChI=1S/C9H6Cl3NO2/c1-4(14)13-9(15)6-2-5(10)3-7(11)8(6)12/h2-3H,1H3,(H,13,14,15). The van der Waals surface area contributed by atoms with E-state index >= 15 is 0 Å². The van der Waals surface area contributed by atoms with Crippen LogP contribution in [-0.4, -0.2) is 11.8 Å². The predicted octanol–water partition coefficient (Wildman–Crippen LogP) is 2.92. The molecule has 15 heavy (non-hydrogen) atoms. The fraction of sp³-hybridized carbons (Fsp3) is 0.111. The summed E-state index contributed by atoms with van der Waals surface area (Å²) in [5.41, 5.74) is 0.0735. The van der Waals surface area contributed by atoms with Gasteiger partial charge in [-0.15, -0.1) is 0 Å². The Morgan fingerprint density at radius 1 is 1.20 bits per heavy atom. The number of carbonyl (C=O) groups is 2. The van der Waals surface area contributed by atoms with Crippen LogP contribution in [0.1, 0.15) is 17.3 Å². The van der Waals surface area contributed by atoms with Crippen molar-refractivity contribution in [2.75, 3.05) is 0 Å². The van der Waals surface area contributed by atoms with E-state index in [4.69, 9.17) is 34.8 Å². The number of hydrogen-bond acceptors (Lipinski definition) is 2. The highest BCUT2D eigenvalue weighted by molar-refractivity contribution is 6.45. The van der Waals surface area contributed by atoms with Gasteiger partial charge in [-0.25, -0.2) is 0 Å². The first-order valence-electron chi connectivity index (χ1n) is 3.88. The molecule has 1 aromatic carbocycles. The second kappa shape index (κ2) is 4.84. The Bertz CT molecular complexity index is 432. The Balaban J connectivity index is 3.13. The maximum absolute atomic E-state index is 11.4. The highest BCUT2D eigenvalue weighted by Gasteiger charge is 2.15. The smallest absolute Gasteiger partial charge is 0.259 e. The zero-order chi connectivity index (χ0) is 11.6. The van der Waals surface area contributed by atoms with Crippen molar-refractivity contribution < 1.29 is 9.59 Å². The van der Waals surface area contributed by atoms with Crippen molar-refractivity contribution in [3.8, 4) is 0 Å². The molecule has 0 aliphatic heterocycles. The lowest BCUT2D eigenvalue weighted by Crippen LogP contribution is -2.28. The number of imide groups is 1. The number of benzene rings is 1. The molecule has 0 saturated heterocycles. The summed E-state index contributed by atoms with van der Waals surface area (Å²) in [6, 6.07) is 2.75. The van der Waals surface area contributed by atoms with Crippen LogP contribution in [-0.2, 0) is 4.79 Å². The average Bonchev–Trinajstić information content (AvgIpc) is 2.09. The third-order valence-corrected chi connectivity index (χ3v) is 2.55. The molecule has 0 unspecified atom stereocenters. The number of halogens is 3. The molecule has 6 heteroatoms. The van der Waals surface area contributed by atoms with Crippen molar-refractivity contribution in [3.05, 3.63) is 32.8 Å². The zero-order valence-corrected chi connectivity index (χ0v) is 9.87. The van der Waals surface area contributed by atoms with E-state index in [2.05, 4.69) is 5.32 Å². The summed E-state index contributed by atoms with van der Waals surface area (Å²) >= 11 is 17.2. The van der Waals surface area contributed by atoms with E-state index in [-0.39, 0.29) is 20.6 Å². The van der Waals surface area contributed by atoms with Gasteiger partial charge in [0.05, 0.1) is 15.6 Å². The van der Waals surface area contributed by atoms with Gasteiger partial charge in [0.2, 0.25) is 5.91 Å². The fourth-order valence-corrected chi connectivity index (χ4v) is 1.64. The molecule has 1 rings (SSSR count). The highest BCUT2D eigenvalue weighted by atomic mass is 35.5. The Morgan fingerprint density at radius 2 is 1.80 bits per heavy atom. The Kier molecular flexibility index (Phi) is 3.97. The molecule has 0 spiro atoms. The van der Waals surface area contributed by atoms with Crippen LogP contribution in [0, 0.1) is 0 Å². The van der Waals surface area contributed by atoms with Gasteiger partial charge in [-0.05, 0) is 12.1 Å². The molecule has 0 aromatic heterocycles. The molecule has 0 aliphatic carbocycles. The van der Waals surface area contributed by atoms with Crippen LogP contribution in [0.5, 0.6) is 0 Å². The van der Waals surface area contributed by atoms with Gasteiger partial charge in [0.25, 0.3) is 5.91 Å². The number of nitrogens with one attached hydrogen (secondary N) is 1. The summed E-state index contributed by atoms with van der Waals surface area (Å²) in [6.07, 6.45) is 0. The van der Waals surface area contributed by atoms with Gasteiger partial charge in [-0.2, -0.15) is 0 Å². The molecule has 80 valence electrons. The molecule has 0 bridgehead atoms. The second-order valence-corrected chi connectivity index (χ2v) is 3.98. The van der Waals surface area contributed by atoms with Gasteiger partial charge in [-0.1, -0.05) is 34.8 Å². The molecule has 1 aromatic rings. The molecule has 3 nitrogen and oxygen atoms in total. The number of carbonyl (C=O) groups excluding carboxylic acids is 2. The lowest BCUT2D eigenvalue weighted by atomic mass is 10.2. The van der Waals surface area contributed by atoms with Crippen molar-refractivity contribution in [1.29, 1.82) is 0 Å². The molecule has 0 atom stereocenters. The van der Waals surface area contributed by atoms with Crippen molar-refractivity contribution in [1.82, 2.24) is 5.32 Å². The van der Waals surface area contributed by atoms with Gasteiger partial charge in [0, 0.05) is 11.9 Å². The van der Waals surface area contributed by atoms with Crippen molar-refractivity contribution in [3.63, 3.8) is 0 Å². The Morgan fingerprint density at radius 3 is 2.33 bits per heavy atom. The van der Waals surface area contributed by atoms with E-state index in [1.165, 1.54) is 19.1 Å². The minimum atomic E-state index is -0.628.